The van der Waals surface area contributed by atoms with Crippen molar-refractivity contribution in [1.29, 1.82) is 0 Å². The molecule has 5 rings (SSSR count). The lowest BCUT2D eigenvalue weighted by Crippen LogP contribution is -2.41. The fourth-order valence-electron chi connectivity index (χ4n) is 3.97. The highest BCUT2D eigenvalue weighted by Gasteiger charge is 2.16. The van der Waals surface area contributed by atoms with Crippen molar-refractivity contribution in [3.63, 3.8) is 0 Å². The van der Waals surface area contributed by atoms with Gasteiger partial charge in [-0.05, 0) is 35.2 Å². The summed E-state index contributed by atoms with van der Waals surface area (Å²) in [5.41, 5.74) is 0.789. The van der Waals surface area contributed by atoms with Crippen LogP contribution in [0.5, 0.6) is 0 Å². The summed E-state index contributed by atoms with van der Waals surface area (Å²) in [6.07, 6.45) is 1.56. The molecule has 0 spiro atoms. The quantitative estimate of drug-likeness (QED) is 0.354. The number of amides is 1. The maximum atomic E-state index is 13.4. The number of thiophene rings is 1. The molecule has 0 unspecified atom stereocenters. The third kappa shape index (κ3) is 4.60. The van der Waals surface area contributed by atoms with E-state index < -0.39 is 11.2 Å². The Morgan fingerprint density at radius 2 is 1.83 bits per heavy atom. The summed E-state index contributed by atoms with van der Waals surface area (Å²) in [7, 11) is 0. The minimum atomic E-state index is -0.570. The summed E-state index contributed by atoms with van der Waals surface area (Å²) in [6, 6.07) is 15.4. The van der Waals surface area contributed by atoms with Crippen molar-refractivity contribution in [3.05, 3.63) is 114 Å². The summed E-state index contributed by atoms with van der Waals surface area (Å²) >= 11 is 7.34. The van der Waals surface area contributed by atoms with E-state index in [2.05, 4.69) is 10.3 Å². The molecule has 5 aromatic rings. The van der Waals surface area contributed by atoms with Crippen molar-refractivity contribution in [3.8, 4) is 0 Å². The number of halogens is 1. The SMILES string of the molecule is O=C(CCn1c(=O)c2sccc2n(Cc2cc(=O)n3ccccc3n2)c1=O)NCc1ccccc1Cl. The minimum absolute atomic E-state index is 0.00564. The highest BCUT2D eigenvalue weighted by molar-refractivity contribution is 7.17. The van der Waals surface area contributed by atoms with Crippen LogP contribution < -0.4 is 22.1 Å². The van der Waals surface area contributed by atoms with E-state index in [1.165, 1.54) is 26.4 Å². The zero-order chi connectivity index (χ0) is 25.2. The van der Waals surface area contributed by atoms with Crippen molar-refractivity contribution in [2.75, 3.05) is 0 Å². The lowest BCUT2D eigenvalue weighted by atomic mass is 10.2. The Morgan fingerprint density at radius 3 is 2.67 bits per heavy atom. The number of pyridine rings is 1. The molecule has 4 aromatic heterocycles. The van der Waals surface area contributed by atoms with Crippen LogP contribution in [0.25, 0.3) is 15.9 Å². The maximum absolute atomic E-state index is 13.4. The number of carbonyl (C=O) groups is 1. The number of carbonyl (C=O) groups excluding carboxylic acids is 1. The molecule has 1 N–H and O–H groups in total. The summed E-state index contributed by atoms with van der Waals surface area (Å²) in [4.78, 5) is 55.8. The highest BCUT2D eigenvalue weighted by Crippen LogP contribution is 2.17. The second kappa shape index (κ2) is 9.92. The molecule has 9 nitrogen and oxygen atoms in total. The predicted molar refractivity (Wildman–Crippen MR) is 139 cm³/mol. The third-order valence-electron chi connectivity index (χ3n) is 5.78. The summed E-state index contributed by atoms with van der Waals surface area (Å²) < 4.78 is 4.27. The van der Waals surface area contributed by atoms with Gasteiger partial charge in [0.1, 0.15) is 10.3 Å². The van der Waals surface area contributed by atoms with Crippen LogP contribution in [-0.4, -0.2) is 24.4 Å². The number of nitrogens with zero attached hydrogens (tertiary/aromatic N) is 4. The Bertz CT molecular complexity index is 1790. The molecule has 0 bridgehead atoms. The molecule has 182 valence electrons. The monoisotopic (exact) mass is 521 g/mol. The highest BCUT2D eigenvalue weighted by atomic mass is 35.5. The molecule has 0 aliphatic rings. The first-order valence-electron chi connectivity index (χ1n) is 11.1. The van der Waals surface area contributed by atoms with E-state index in [1.807, 2.05) is 12.1 Å². The van der Waals surface area contributed by atoms with Gasteiger partial charge in [0, 0.05) is 36.8 Å². The molecule has 0 radical (unpaired) electrons. The summed E-state index contributed by atoms with van der Waals surface area (Å²) in [5, 5.41) is 5.04. The van der Waals surface area contributed by atoms with E-state index in [0.717, 1.165) is 10.1 Å². The second-order valence-electron chi connectivity index (χ2n) is 8.09. The third-order valence-corrected chi connectivity index (χ3v) is 7.04. The predicted octanol–water partition coefficient (Wildman–Crippen LogP) is 2.64. The molecular formula is C25H20ClN5O4S. The fraction of sp³-hybridized carbons (Fsp3) is 0.160. The Kier molecular flexibility index (Phi) is 6.53. The molecule has 0 aliphatic heterocycles. The van der Waals surface area contributed by atoms with Gasteiger partial charge in [-0.3, -0.25) is 27.9 Å². The van der Waals surface area contributed by atoms with Gasteiger partial charge in [0.2, 0.25) is 5.91 Å². The second-order valence-corrected chi connectivity index (χ2v) is 9.42. The van der Waals surface area contributed by atoms with Gasteiger partial charge in [0.15, 0.2) is 0 Å². The first kappa shape index (κ1) is 23.7. The smallest absolute Gasteiger partial charge is 0.331 e. The van der Waals surface area contributed by atoms with Gasteiger partial charge in [0.25, 0.3) is 11.1 Å². The molecule has 11 heteroatoms. The Hall–Kier alpha value is -4.02. The van der Waals surface area contributed by atoms with Crippen molar-refractivity contribution < 1.29 is 4.79 Å². The average Bonchev–Trinajstić information content (AvgIpc) is 3.36. The molecule has 0 fully saturated rings. The zero-order valence-corrected chi connectivity index (χ0v) is 20.5. The van der Waals surface area contributed by atoms with E-state index in [1.54, 1.807) is 48.0 Å². The van der Waals surface area contributed by atoms with E-state index in [9.17, 15) is 19.2 Å². The van der Waals surface area contributed by atoms with Crippen LogP contribution in [0.3, 0.4) is 0 Å². The van der Waals surface area contributed by atoms with Gasteiger partial charge < -0.3 is 5.32 Å². The number of nitrogens with one attached hydrogen (secondary N) is 1. The van der Waals surface area contributed by atoms with Crippen molar-refractivity contribution in [2.45, 2.75) is 26.1 Å². The van der Waals surface area contributed by atoms with Crippen LogP contribution >= 0.6 is 22.9 Å². The molecule has 0 aliphatic carbocycles. The van der Waals surface area contributed by atoms with Gasteiger partial charge in [-0.15, -0.1) is 11.3 Å². The van der Waals surface area contributed by atoms with Gasteiger partial charge in [0.05, 0.1) is 17.8 Å². The van der Waals surface area contributed by atoms with Crippen LogP contribution in [0.4, 0.5) is 0 Å². The number of hydrogen-bond donors (Lipinski definition) is 1. The van der Waals surface area contributed by atoms with E-state index in [-0.39, 0.29) is 37.5 Å². The lowest BCUT2D eigenvalue weighted by Gasteiger charge is -2.13. The average molecular weight is 522 g/mol. The number of hydrogen-bond acceptors (Lipinski definition) is 6. The largest absolute Gasteiger partial charge is 0.352 e. The molecular weight excluding hydrogens is 502 g/mol. The molecule has 0 saturated carbocycles. The standard InChI is InChI=1S/C25H20ClN5O4S/c26-18-6-2-1-5-16(18)14-27-21(32)8-11-30-24(34)23-19(9-12-36-23)31(25(30)35)15-17-13-22(33)29-10-4-3-7-20(29)28-17/h1-7,9-10,12-13H,8,11,14-15H2,(H,27,32). The van der Waals surface area contributed by atoms with Crippen molar-refractivity contribution in [2.24, 2.45) is 0 Å². The molecule has 1 amide bonds. The molecule has 0 atom stereocenters. The van der Waals surface area contributed by atoms with Crippen LogP contribution in [-0.2, 0) is 24.4 Å². The number of aromatic nitrogens is 4. The van der Waals surface area contributed by atoms with Crippen LogP contribution in [0.2, 0.25) is 5.02 Å². The number of fused-ring (bicyclic) bond motifs is 2. The maximum Gasteiger partial charge on any atom is 0.331 e. The number of rotatable bonds is 7. The van der Waals surface area contributed by atoms with Gasteiger partial charge in [-0.25, -0.2) is 9.78 Å². The van der Waals surface area contributed by atoms with Crippen LogP contribution in [0, 0.1) is 0 Å². The lowest BCUT2D eigenvalue weighted by molar-refractivity contribution is -0.121. The molecule has 36 heavy (non-hydrogen) atoms. The first-order chi connectivity index (χ1) is 17.4. The van der Waals surface area contributed by atoms with Gasteiger partial charge in [-0.2, -0.15) is 0 Å². The Labute approximate surface area is 212 Å². The van der Waals surface area contributed by atoms with Crippen molar-refractivity contribution in [1.82, 2.24) is 23.8 Å². The molecule has 1 aromatic carbocycles. The summed E-state index contributed by atoms with van der Waals surface area (Å²) in [5.74, 6) is -0.316. The van der Waals surface area contributed by atoms with Crippen LogP contribution in [0.1, 0.15) is 17.7 Å². The zero-order valence-electron chi connectivity index (χ0n) is 18.9. The van der Waals surface area contributed by atoms with Crippen molar-refractivity contribution >= 4 is 44.7 Å². The van der Waals surface area contributed by atoms with Gasteiger partial charge in [-0.1, -0.05) is 35.9 Å². The Morgan fingerprint density at radius 1 is 1.03 bits per heavy atom. The molecule has 0 saturated heterocycles. The molecule has 4 heterocycles. The normalized spacial score (nSPS) is 11.2. The number of benzene rings is 1. The van der Waals surface area contributed by atoms with Gasteiger partial charge >= 0.3 is 5.69 Å². The Balaban J connectivity index is 1.42. The van der Waals surface area contributed by atoms with Crippen LogP contribution in [0.15, 0.2) is 80.6 Å². The van der Waals surface area contributed by atoms with E-state index in [0.29, 0.717) is 26.6 Å². The topological polar surface area (TPSA) is 107 Å². The first-order valence-corrected chi connectivity index (χ1v) is 12.4. The summed E-state index contributed by atoms with van der Waals surface area (Å²) in [6.45, 7) is 0.157. The van der Waals surface area contributed by atoms with E-state index >= 15 is 0 Å². The van der Waals surface area contributed by atoms with E-state index in [4.69, 9.17) is 11.6 Å². The fourth-order valence-corrected chi connectivity index (χ4v) is 5.01. The minimum Gasteiger partial charge on any atom is -0.352 e.